The Morgan fingerprint density at radius 1 is 1.20 bits per heavy atom. The van der Waals surface area contributed by atoms with Crippen molar-refractivity contribution in [1.82, 2.24) is 0 Å². The van der Waals surface area contributed by atoms with E-state index in [0.717, 1.165) is 15.7 Å². The third kappa shape index (κ3) is 7.41. The quantitative estimate of drug-likeness (QED) is 0.310. The third-order valence-electron chi connectivity index (χ3n) is 3.08. The molecule has 0 unspecified atom stereocenters. The number of nitrogens with zero attached hydrogens (tertiary/aromatic N) is 1. The van der Waals surface area contributed by atoms with E-state index in [1.807, 2.05) is 42.5 Å². The van der Waals surface area contributed by atoms with Crippen LogP contribution in [0.1, 0.15) is 5.56 Å². The van der Waals surface area contributed by atoms with Crippen LogP contribution in [0.4, 0.5) is 11.4 Å². The van der Waals surface area contributed by atoms with Gasteiger partial charge in [0.2, 0.25) is 5.91 Å². The highest BCUT2D eigenvalue weighted by atomic mass is 127. The molecule has 0 aliphatic heterocycles. The lowest BCUT2D eigenvalue weighted by Gasteiger charge is -2.11. The van der Waals surface area contributed by atoms with Crippen molar-refractivity contribution in [2.24, 2.45) is 10.7 Å². The molecule has 2 aromatic carbocycles. The van der Waals surface area contributed by atoms with Crippen LogP contribution in [-0.2, 0) is 16.1 Å². The molecule has 0 fully saturated rings. The molecule has 0 saturated carbocycles. The molecule has 0 heterocycles. The van der Waals surface area contributed by atoms with E-state index in [0.29, 0.717) is 12.3 Å². The summed E-state index contributed by atoms with van der Waals surface area (Å²) >= 11 is 3.35. The number of anilines is 2. The van der Waals surface area contributed by atoms with Crippen LogP contribution in [0.5, 0.6) is 0 Å². The van der Waals surface area contributed by atoms with Gasteiger partial charge in [-0.1, -0.05) is 40.2 Å². The van der Waals surface area contributed by atoms with Gasteiger partial charge < -0.3 is 21.1 Å². The van der Waals surface area contributed by atoms with E-state index in [1.165, 1.54) is 0 Å². The Kier molecular flexibility index (Phi) is 9.46. The molecule has 1 amide bonds. The normalized spacial score (nSPS) is 10.7. The van der Waals surface area contributed by atoms with Crippen LogP contribution in [0, 0.1) is 0 Å². The van der Waals surface area contributed by atoms with E-state index in [2.05, 4.69) is 31.6 Å². The van der Waals surface area contributed by atoms with E-state index < -0.39 is 0 Å². The zero-order valence-corrected chi connectivity index (χ0v) is 17.6. The van der Waals surface area contributed by atoms with Gasteiger partial charge in [0.15, 0.2) is 5.96 Å². The fourth-order valence-electron chi connectivity index (χ4n) is 2.02. The van der Waals surface area contributed by atoms with E-state index in [4.69, 9.17) is 10.5 Å². The minimum absolute atomic E-state index is 0. The molecule has 2 rings (SSSR count). The highest BCUT2D eigenvalue weighted by molar-refractivity contribution is 14.0. The number of para-hydroxylation sites is 1. The predicted molar refractivity (Wildman–Crippen MR) is 115 cm³/mol. The number of nitrogens with two attached hydrogens (primary N) is 1. The average molecular weight is 519 g/mol. The van der Waals surface area contributed by atoms with Gasteiger partial charge in [0.25, 0.3) is 0 Å². The molecule has 0 aliphatic carbocycles. The lowest BCUT2D eigenvalue weighted by atomic mass is 10.2. The summed E-state index contributed by atoms with van der Waals surface area (Å²) in [6.07, 6.45) is 0. The third-order valence-corrected chi connectivity index (χ3v) is 3.57. The number of hydrogen-bond acceptors (Lipinski definition) is 3. The molecule has 4 N–H and O–H groups in total. The molecular weight excluding hydrogens is 499 g/mol. The van der Waals surface area contributed by atoms with Crippen LogP contribution < -0.4 is 16.4 Å². The van der Waals surface area contributed by atoms with Crippen LogP contribution in [0.15, 0.2) is 58.0 Å². The lowest BCUT2D eigenvalue weighted by molar-refractivity contribution is -0.114. The fourth-order valence-corrected chi connectivity index (χ4v) is 2.42. The first-order chi connectivity index (χ1) is 11.6. The molecular formula is C17H20BrIN4O2. The molecule has 0 saturated heterocycles. The number of carbonyl (C=O) groups excluding carboxylic acids is 1. The molecule has 134 valence electrons. The number of ether oxygens (including phenoxy) is 1. The number of methoxy groups -OCH3 is 1. The maximum atomic E-state index is 11.9. The number of carbonyl (C=O) groups is 1. The first-order valence-corrected chi connectivity index (χ1v) is 8.07. The highest BCUT2D eigenvalue weighted by Crippen LogP contribution is 2.16. The molecule has 0 spiro atoms. The van der Waals surface area contributed by atoms with Crippen LogP contribution in [0.25, 0.3) is 0 Å². The smallest absolute Gasteiger partial charge is 0.246 e. The number of guanidine groups is 1. The highest BCUT2D eigenvalue weighted by Gasteiger charge is 2.05. The van der Waals surface area contributed by atoms with Crippen molar-refractivity contribution in [2.75, 3.05) is 24.3 Å². The SMILES string of the molecule is COCc1ccccc1NC(N)=NCC(=O)Nc1cccc(Br)c1.I. The number of hydrogen-bond donors (Lipinski definition) is 3. The summed E-state index contributed by atoms with van der Waals surface area (Å²) in [4.78, 5) is 16.0. The monoisotopic (exact) mass is 518 g/mol. The zero-order chi connectivity index (χ0) is 17.4. The molecule has 8 heteroatoms. The van der Waals surface area contributed by atoms with Gasteiger partial charge in [-0.05, 0) is 24.3 Å². The molecule has 0 aromatic heterocycles. The number of benzene rings is 2. The number of rotatable bonds is 6. The van der Waals surface area contributed by atoms with Gasteiger partial charge in [-0.2, -0.15) is 0 Å². The van der Waals surface area contributed by atoms with Gasteiger partial charge in [0.05, 0.1) is 6.61 Å². The van der Waals surface area contributed by atoms with Gasteiger partial charge >= 0.3 is 0 Å². The van der Waals surface area contributed by atoms with Crippen molar-refractivity contribution in [3.63, 3.8) is 0 Å². The Morgan fingerprint density at radius 2 is 1.96 bits per heavy atom. The second-order valence-electron chi connectivity index (χ2n) is 4.98. The Morgan fingerprint density at radius 3 is 2.68 bits per heavy atom. The van der Waals surface area contributed by atoms with Crippen molar-refractivity contribution in [3.05, 3.63) is 58.6 Å². The second-order valence-corrected chi connectivity index (χ2v) is 5.89. The Bertz CT molecular complexity index is 740. The van der Waals surface area contributed by atoms with Crippen LogP contribution in [0.3, 0.4) is 0 Å². The maximum Gasteiger partial charge on any atom is 0.246 e. The van der Waals surface area contributed by atoms with Crippen LogP contribution in [-0.4, -0.2) is 25.5 Å². The van der Waals surface area contributed by atoms with Gasteiger partial charge in [0, 0.05) is 28.5 Å². The topological polar surface area (TPSA) is 88.7 Å². The maximum absolute atomic E-state index is 11.9. The summed E-state index contributed by atoms with van der Waals surface area (Å²) in [6, 6.07) is 14.9. The van der Waals surface area contributed by atoms with Gasteiger partial charge in [-0.15, -0.1) is 24.0 Å². The summed E-state index contributed by atoms with van der Waals surface area (Å²) in [5.74, 6) is -0.0778. The largest absolute Gasteiger partial charge is 0.380 e. The fraction of sp³-hybridized carbons (Fsp3) is 0.176. The van der Waals surface area contributed by atoms with E-state index >= 15 is 0 Å². The van der Waals surface area contributed by atoms with E-state index in [9.17, 15) is 4.79 Å². The molecule has 0 atom stereocenters. The molecule has 25 heavy (non-hydrogen) atoms. The van der Waals surface area contributed by atoms with Crippen LogP contribution in [0.2, 0.25) is 0 Å². The van der Waals surface area contributed by atoms with Gasteiger partial charge in [0.1, 0.15) is 6.54 Å². The van der Waals surface area contributed by atoms with Crippen molar-refractivity contribution < 1.29 is 9.53 Å². The summed E-state index contributed by atoms with van der Waals surface area (Å²) in [7, 11) is 1.63. The number of aliphatic imine (C=N–C) groups is 1. The van der Waals surface area contributed by atoms with Gasteiger partial charge in [-0.3, -0.25) is 4.79 Å². The first kappa shape index (κ1) is 21.4. The minimum atomic E-state index is -0.247. The lowest BCUT2D eigenvalue weighted by Crippen LogP contribution is -2.26. The number of amides is 1. The molecule has 2 aromatic rings. The Hall–Kier alpha value is -1.65. The predicted octanol–water partition coefficient (Wildman–Crippen LogP) is 3.58. The summed E-state index contributed by atoms with van der Waals surface area (Å²) in [5.41, 5.74) is 8.30. The Labute approximate surface area is 172 Å². The summed E-state index contributed by atoms with van der Waals surface area (Å²) in [5, 5.41) is 5.74. The average Bonchev–Trinajstić information content (AvgIpc) is 2.55. The molecule has 6 nitrogen and oxygen atoms in total. The van der Waals surface area contributed by atoms with Crippen molar-refractivity contribution >= 4 is 63.1 Å². The first-order valence-electron chi connectivity index (χ1n) is 7.27. The van der Waals surface area contributed by atoms with Crippen LogP contribution >= 0.6 is 39.9 Å². The van der Waals surface area contributed by atoms with Crippen molar-refractivity contribution in [2.45, 2.75) is 6.61 Å². The van der Waals surface area contributed by atoms with Gasteiger partial charge in [-0.25, -0.2) is 4.99 Å². The van der Waals surface area contributed by atoms with E-state index in [1.54, 1.807) is 13.2 Å². The molecule has 0 bridgehead atoms. The molecule has 0 aliphatic rings. The minimum Gasteiger partial charge on any atom is -0.380 e. The Balaban J connectivity index is 0.00000312. The van der Waals surface area contributed by atoms with Crippen molar-refractivity contribution in [1.29, 1.82) is 0 Å². The number of nitrogens with one attached hydrogen (secondary N) is 2. The number of halogens is 2. The second kappa shape index (κ2) is 11.1. The summed E-state index contributed by atoms with van der Waals surface area (Å²) < 4.78 is 6.02. The molecule has 0 radical (unpaired) electrons. The summed E-state index contributed by atoms with van der Waals surface area (Å²) in [6.45, 7) is 0.387. The standard InChI is InChI=1S/C17H19BrN4O2.HI/c1-24-11-12-5-2-3-8-15(12)22-17(19)20-10-16(23)21-14-7-4-6-13(18)9-14;/h2-9H,10-11H2,1H3,(H,21,23)(H3,19,20,22);1H. The van der Waals surface area contributed by atoms with Crippen molar-refractivity contribution in [3.8, 4) is 0 Å². The zero-order valence-electron chi connectivity index (χ0n) is 13.7. The van der Waals surface area contributed by atoms with E-state index in [-0.39, 0.29) is 42.4 Å².